The van der Waals surface area contributed by atoms with Gasteiger partial charge in [-0.2, -0.15) is 4.31 Å². The number of fused-ring (bicyclic) bond motifs is 1. The highest BCUT2D eigenvalue weighted by atomic mass is 32.2. The quantitative estimate of drug-likeness (QED) is 0.791. The molecule has 3 aromatic rings. The van der Waals surface area contributed by atoms with Crippen LogP contribution in [0.2, 0.25) is 0 Å². The summed E-state index contributed by atoms with van der Waals surface area (Å²) >= 11 is 0. The molecule has 6 nitrogen and oxygen atoms in total. The topological polar surface area (TPSA) is 75.3 Å². The third kappa shape index (κ3) is 2.71. The zero-order valence-corrected chi connectivity index (χ0v) is 13.8. The number of imidazole rings is 1. The Balaban J connectivity index is 1.64. The molecule has 24 heavy (non-hydrogen) atoms. The molecule has 124 valence electrons. The van der Waals surface area contributed by atoms with Gasteiger partial charge in [0, 0.05) is 18.7 Å². The number of nitrogens with one attached hydrogen (secondary N) is 1. The minimum Gasteiger partial charge on any atom is -0.379 e. The second-order valence-electron chi connectivity index (χ2n) is 5.64. The van der Waals surface area contributed by atoms with Gasteiger partial charge in [0.1, 0.15) is 5.82 Å². The SMILES string of the molecule is O=S(=O)(c1ccc(-c2nc3ccccc3[nH]2)cc1)N1CCOCC1. The number of nitrogens with zero attached hydrogens (tertiary/aromatic N) is 2. The Kier molecular flexibility index (Phi) is 3.84. The molecule has 0 aliphatic carbocycles. The third-order valence-corrected chi connectivity index (χ3v) is 6.04. The molecule has 1 saturated heterocycles. The molecule has 2 aromatic carbocycles. The Labute approximate surface area is 140 Å². The van der Waals surface area contributed by atoms with Crippen molar-refractivity contribution in [3.8, 4) is 11.4 Å². The summed E-state index contributed by atoms with van der Waals surface area (Å²) in [5.74, 6) is 0.728. The van der Waals surface area contributed by atoms with Gasteiger partial charge in [0.15, 0.2) is 0 Å². The van der Waals surface area contributed by atoms with Gasteiger partial charge in [-0.3, -0.25) is 0 Å². The number of hydrogen-bond donors (Lipinski definition) is 1. The standard InChI is InChI=1S/C17H17N3O3S/c21-24(22,20-9-11-23-12-10-20)14-7-5-13(6-8-14)17-18-15-3-1-2-4-16(15)19-17/h1-8H,9-12H2,(H,18,19). The number of rotatable bonds is 3. The maximum absolute atomic E-state index is 12.6. The Morgan fingerprint density at radius 1 is 1.00 bits per heavy atom. The van der Waals surface area contributed by atoms with Gasteiger partial charge in [0.25, 0.3) is 0 Å². The van der Waals surface area contributed by atoms with E-state index in [4.69, 9.17) is 4.74 Å². The molecule has 0 atom stereocenters. The molecule has 2 heterocycles. The number of sulfonamides is 1. The third-order valence-electron chi connectivity index (χ3n) is 4.12. The lowest BCUT2D eigenvalue weighted by Gasteiger charge is -2.26. The normalized spacial score (nSPS) is 16.5. The molecule has 0 amide bonds. The summed E-state index contributed by atoms with van der Waals surface area (Å²) in [6.45, 7) is 1.67. The Bertz CT molecular complexity index is 925. The van der Waals surface area contributed by atoms with Crippen LogP contribution >= 0.6 is 0 Å². The smallest absolute Gasteiger partial charge is 0.243 e. The van der Waals surface area contributed by atoms with E-state index in [2.05, 4.69) is 9.97 Å². The molecule has 0 radical (unpaired) electrons. The van der Waals surface area contributed by atoms with Crippen LogP contribution in [0.5, 0.6) is 0 Å². The lowest BCUT2D eigenvalue weighted by atomic mass is 10.2. The van der Waals surface area contributed by atoms with Crippen molar-refractivity contribution < 1.29 is 13.2 Å². The average Bonchev–Trinajstić information content (AvgIpc) is 3.07. The molecule has 1 N–H and O–H groups in total. The first-order valence-electron chi connectivity index (χ1n) is 7.78. The minimum absolute atomic E-state index is 0.296. The molecule has 0 spiro atoms. The van der Waals surface area contributed by atoms with Gasteiger partial charge in [-0.05, 0) is 36.4 Å². The van der Waals surface area contributed by atoms with Gasteiger partial charge in [-0.25, -0.2) is 13.4 Å². The first-order chi connectivity index (χ1) is 11.6. The Morgan fingerprint density at radius 2 is 1.71 bits per heavy atom. The number of morpholine rings is 1. The van der Waals surface area contributed by atoms with Gasteiger partial charge in [-0.15, -0.1) is 0 Å². The molecule has 0 bridgehead atoms. The van der Waals surface area contributed by atoms with Crippen LogP contribution in [0.1, 0.15) is 0 Å². The molecule has 4 rings (SSSR count). The van der Waals surface area contributed by atoms with Crippen molar-refractivity contribution in [3.05, 3.63) is 48.5 Å². The van der Waals surface area contributed by atoms with Crippen LogP contribution in [-0.4, -0.2) is 49.0 Å². The van der Waals surface area contributed by atoms with Gasteiger partial charge in [0.05, 0.1) is 29.1 Å². The second-order valence-corrected chi connectivity index (χ2v) is 7.58. The van der Waals surface area contributed by atoms with Crippen LogP contribution in [0.3, 0.4) is 0 Å². The van der Waals surface area contributed by atoms with Gasteiger partial charge < -0.3 is 9.72 Å². The van der Waals surface area contributed by atoms with E-state index < -0.39 is 10.0 Å². The zero-order chi connectivity index (χ0) is 16.6. The van der Waals surface area contributed by atoms with Crippen LogP contribution < -0.4 is 0 Å². The van der Waals surface area contributed by atoms with E-state index in [1.54, 1.807) is 24.3 Å². The Hall–Kier alpha value is -2.22. The lowest BCUT2D eigenvalue weighted by Crippen LogP contribution is -2.40. The summed E-state index contributed by atoms with van der Waals surface area (Å²) in [7, 11) is -3.46. The minimum atomic E-state index is -3.46. The molecular weight excluding hydrogens is 326 g/mol. The van der Waals surface area contributed by atoms with Crippen LogP contribution in [0, 0.1) is 0 Å². The molecule has 0 unspecified atom stereocenters. The van der Waals surface area contributed by atoms with E-state index in [1.165, 1.54) is 4.31 Å². The molecular formula is C17H17N3O3S. The molecule has 1 fully saturated rings. The number of H-pyrrole nitrogens is 1. The van der Waals surface area contributed by atoms with E-state index in [9.17, 15) is 8.42 Å². The predicted octanol–water partition coefficient (Wildman–Crippen LogP) is 2.25. The van der Waals surface area contributed by atoms with Gasteiger partial charge in [-0.1, -0.05) is 12.1 Å². The largest absolute Gasteiger partial charge is 0.379 e. The van der Waals surface area contributed by atoms with Gasteiger partial charge in [0.2, 0.25) is 10.0 Å². The fourth-order valence-corrected chi connectivity index (χ4v) is 4.22. The fourth-order valence-electron chi connectivity index (χ4n) is 2.81. The van der Waals surface area contributed by atoms with Crippen molar-refractivity contribution in [2.75, 3.05) is 26.3 Å². The molecule has 0 saturated carbocycles. The molecule has 7 heteroatoms. The summed E-state index contributed by atoms with van der Waals surface area (Å²) in [6, 6.07) is 14.6. The highest BCUT2D eigenvalue weighted by molar-refractivity contribution is 7.89. The van der Waals surface area contributed by atoms with Crippen LogP contribution in [0.25, 0.3) is 22.4 Å². The number of ether oxygens (including phenoxy) is 1. The summed E-state index contributed by atoms with van der Waals surface area (Å²) in [5, 5.41) is 0. The van der Waals surface area contributed by atoms with E-state index in [-0.39, 0.29) is 0 Å². The first kappa shape index (κ1) is 15.3. The second kappa shape index (κ2) is 6.01. The van der Waals surface area contributed by atoms with Crippen molar-refractivity contribution >= 4 is 21.1 Å². The van der Waals surface area contributed by atoms with Crippen molar-refractivity contribution in [2.24, 2.45) is 0 Å². The van der Waals surface area contributed by atoms with Crippen molar-refractivity contribution in [3.63, 3.8) is 0 Å². The number of para-hydroxylation sites is 2. The molecule has 1 aliphatic rings. The van der Waals surface area contributed by atoms with Gasteiger partial charge >= 0.3 is 0 Å². The monoisotopic (exact) mass is 343 g/mol. The Morgan fingerprint density at radius 3 is 2.42 bits per heavy atom. The lowest BCUT2D eigenvalue weighted by molar-refractivity contribution is 0.0730. The fraction of sp³-hybridized carbons (Fsp3) is 0.235. The van der Waals surface area contributed by atoms with E-state index in [1.807, 2.05) is 24.3 Å². The van der Waals surface area contributed by atoms with Crippen LogP contribution in [0.4, 0.5) is 0 Å². The predicted molar refractivity (Wildman–Crippen MR) is 91.1 cm³/mol. The summed E-state index contributed by atoms with van der Waals surface area (Å²) in [5.41, 5.74) is 2.70. The molecule has 1 aromatic heterocycles. The average molecular weight is 343 g/mol. The zero-order valence-electron chi connectivity index (χ0n) is 13.0. The highest BCUT2D eigenvalue weighted by Crippen LogP contribution is 2.23. The number of benzene rings is 2. The number of hydrogen-bond acceptors (Lipinski definition) is 4. The highest BCUT2D eigenvalue weighted by Gasteiger charge is 2.26. The van der Waals surface area contributed by atoms with E-state index >= 15 is 0 Å². The van der Waals surface area contributed by atoms with E-state index in [0.29, 0.717) is 31.2 Å². The first-order valence-corrected chi connectivity index (χ1v) is 9.22. The van der Waals surface area contributed by atoms with Crippen LogP contribution in [-0.2, 0) is 14.8 Å². The maximum Gasteiger partial charge on any atom is 0.243 e. The van der Waals surface area contributed by atoms with Crippen molar-refractivity contribution in [1.82, 2.24) is 14.3 Å². The number of aromatic nitrogens is 2. The molecule has 1 aliphatic heterocycles. The number of aromatic amines is 1. The maximum atomic E-state index is 12.6. The summed E-state index contributed by atoms with van der Waals surface area (Å²) < 4.78 is 31.9. The summed E-state index contributed by atoms with van der Waals surface area (Å²) in [4.78, 5) is 8.07. The van der Waals surface area contributed by atoms with Crippen molar-refractivity contribution in [1.29, 1.82) is 0 Å². The van der Waals surface area contributed by atoms with E-state index in [0.717, 1.165) is 22.4 Å². The van der Waals surface area contributed by atoms with Crippen LogP contribution in [0.15, 0.2) is 53.4 Å². The van der Waals surface area contributed by atoms with Crippen molar-refractivity contribution in [2.45, 2.75) is 4.90 Å². The summed E-state index contributed by atoms with van der Waals surface area (Å²) in [6.07, 6.45) is 0.